The van der Waals surface area contributed by atoms with E-state index in [1.807, 2.05) is 12.1 Å². The van der Waals surface area contributed by atoms with Crippen LogP contribution in [0.3, 0.4) is 0 Å². The van der Waals surface area contributed by atoms with Crippen LogP contribution in [0.1, 0.15) is 37.4 Å². The smallest absolute Gasteiger partial charge is 0.340 e. The highest BCUT2D eigenvalue weighted by Crippen LogP contribution is 2.56. The van der Waals surface area contributed by atoms with Crippen molar-refractivity contribution in [3.05, 3.63) is 117 Å². The maximum Gasteiger partial charge on any atom is 0.340 e. The summed E-state index contributed by atoms with van der Waals surface area (Å²) >= 11 is 0. The van der Waals surface area contributed by atoms with Crippen LogP contribution in [0.4, 0.5) is 17.1 Å². The third kappa shape index (κ3) is 5.20. The quantitative estimate of drug-likeness (QED) is 0.0758. The average molecular weight is 610 g/mol. The molecule has 4 aromatic rings. The summed E-state index contributed by atoms with van der Waals surface area (Å²) in [5.41, 5.74) is 7.12. The molecule has 6 rings (SSSR count). The number of phenolic OH excluding ortho intramolecular Hbond substituents is 1. The number of likely N-dealkylation sites (N-methyl/N-ethyl adjacent to an activating group) is 1. The number of nitrogens with two attached hydrogens (primary N) is 1. The van der Waals surface area contributed by atoms with Gasteiger partial charge in [0.15, 0.2) is 5.60 Å². The van der Waals surface area contributed by atoms with Gasteiger partial charge in [0, 0.05) is 78.0 Å². The molecule has 1 unspecified atom stereocenters. The zero-order valence-corrected chi connectivity index (χ0v) is 23.9. The first-order chi connectivity index (χ1) is 21.6. The summed E-state index contributed by atoms with van der Waals surface area (Å²) < 4.78 is 12.3. The van der Waals surface area contributed by atoms with Crippen LogP contribution in [-0.4, -0.2) is 54.5 Å². The normalized spacial score (nSPS) is 15.6. The van der Waals surface area contributed by atoms with Gasteiger partial charge in [0.25, 0.3) is 11.6 Å². The molecule has 0 aliphatic carbocycles. The first kappa shape index (κ1) is 29.0. The lowest BCUT2D eigenvalue weighted by Gasteiger charge is -2.37. The van der Waals surface area contributed by atoms with E-state index in [1.165, 1.54) is 18.2 Å². The lowest BCUT2D eigenvalue weighted by Crippen LogP contribution is -2.39. The molecular weight excluding hydrogens is 582 g/mol. The number of hydrogen-bond donors (Lipinski definition) is 4. The molecule has 2 heterocycles. The second-order valence-corrected chi connectivity index (χ2v) is 10.6. The van der Waals surface area contributed by atoms with Crippen molar-refractivity contribution in [2.75, 3.05) is 37.3 Å². The van der Waals surface area contributed by atoms with Gasteiger partial charge in [-0.05, 0) is 36.4 Å². The molecule has 2 aliphatic heterocycles. The summed E-state index contributed by atoms with van der Waals surface area (Å²) in [6, 6.07) is 20.7. The van der Waals surface area contributed by atoms with Crippen LogP contribution in [0.2, 0.25) is 0 Å². The minimum Gasteiger partial charge on any atom is -0.508 e. The number of nitrogens with one attached hydrogen (secondary N) is 2. The largest absolute Gasteiger partial charge is 0.508 e. The topological polar surface area (TPSA) is 186 Å². The van der Waals surface area contributed by atoms with E-state index >= 15 is 0 Å². The van der Waals surface area contributed by atoms with Crippen molar-refractivity contribution in [2.24, 2.45) is 0 Å². The number of aromatic hydroxyl groups is 1. The number of hydrogen-bond acceptors (Lipinski definition) is 10. The number of non-ortho nitro benzene ring substituents is 1. The van der Waals surface area contributed by atoms with Crippen molar-refractivity contribution < 1.29 is 33.9 Å². The van der Waals surface area contributed by atoms with Gasteiger partial charge in [0.2, 0.25) is 5.91 Å². The summed E-state index contributed by atoms with van der Waals surface area (Å²) in [7, 11) is 1.72. The zero-order chi connectivity index (χ0) is 31.9. The standard InChI is InChI=1S/C32H27N5O8/c1-36(17-29(39)34-10-11-35-30(40)18-12-19(33)14-21(13-18)37(42)43)20-6-8-25-27(15-20)44-28-16-22(38)7-9-26(28)32(25)24-5-3-2-4-23(24)31(41)45-32/h2-9,12-16,38H,10-11,17,33H2,1H3,(H,34,39)(H,35,40). The number of nitro groups is 1. The highest BCUT2D eigenvalue weighted by atomic mass is 16.6. The van der Waals surface area contributed by atoms with E-state index < -0.39 is 22.4 Å². The Morgan fingerprint density at radius 2 is 1.67 bits per heavy atom. The first-order valence-corrected chi connectivity index (χ1v) is 13.9. The van der Waals surface area contributed by atoms with E-state index in [4.69, 9.17) is 15.2 Å². The van der Waals surface area contributed by atoms with Crippen molar-refractivity contribution in [1.29, 1.82) is 0 Å². The molecule has 13 heteroatoms. The van der Waals surface area contributed by atoms with Gasteiger partial charge >= 0.3 is 5.97 Å². The van der Waals surface area contributed by atoms with Gasteiger partial charge < -0.3 is 35.8 Å². The minimum absolute atomic E-state index is 0.0136. The number of amides is 2. The number of carbonyl (C=O) groups is 3. The fourth-order valence-electron chi connectivity index (χ4n) is 5.60. The van der Waals surface area contributed by atoms with E-state index in [9.17, 15) is 29.6 Å². The molecule has 228 valence electrons. The second kappa shape index (κ2) is 11.2. The summed E-state index contributed by atoms with van der Waals surface area (Å²) in [6.45, 7) is 0.163. The summed E-state index contributed by atoms with van der Waals surface area (Å²) in [5.74, 6) is -0.642. The number of nitrogen functional groups attached to an aromatic ring is 1. The maximum absolute atomic E-state index is 13.0. The van der Waals surface area contributed by atoms with Crippen LogP contribution in [0, 0.1) is 10.1 Å². The molecule has 0 fully saturated rings. The third-order valence-corrected chi connectivity index (χ3v) is 7.65. The molecule has 0 radical (unpaired) electrons. The molecule has 1 atom stereocenters. The van der Waals surface area contributed by atoms with Gasteiger partial charge in [-0.15, -0.1) is 0 Å². The Hall–Kier alpha value is -6.11. The van der Waals surface area contributed by atoms with Crippen LogP contribution < -0.4 is 26.0 Å². The van der Waals surface area contributed by atoms with E-state index in [0.29, 0.717) is 39.4 Å². The fourth-order valence-corrected chi connectivity index (χ4v) is 5.60. The molecule has 1 spiro atoms. The maximum atomic E-state index is 13.0. The second-order valence-electron chi connectivity index (χ2n) is 10.6. The van der Waals surface area contributed by atoms with Crippen molar-refractivity contribution in [2.45, 2.75) is 5.60 Å². The van der Waals surface area contributed by atoms with E-state index in [0.717, 1.165) is 12.1 Å². The molecule has 0 saturated carbocycles. The van der Waals surface area contributed by atoms with Crippen LogP contribution in [-0.2, 0) is 15.1 Å². The first-order valence-electron chi connectivity index (χ1n) is 13.9. The number of rotatable bonds is 8. The Balaban J connectivity index is 1.14. The average Bonchev–Trinajstić information content (AvgIpc) is 3.30. The molecule has 2 aliphatic rings. The van der Waals surface area contributed by atoms with E-state index in [1.54, 1.807) is 48.3 Å². The highest BCUT2D eigenvalue weighted by Gasteiger charge is 2.53. The number of nitrogens with zero attached hydrogens (tertiary/aromatic N) is 2. The molecule has 0 aromatic heterocycles. The number of benzene rings is 4. The van der Waals surface area contributed by atoms with Gasteiger partial charge in [0.05, 0.1) is 17.0 Å². The monoisotopic (exact) mass is 609 g/mol. The van der Waals surface area contributed by atoms with Crippen molar-refractivity contribution in [1.82, 2.24) is 10.6 Å². The van der Waals surface area contributed by atoms with Gasteiger partial charge in [0.1, 0.15) is 17.2 Å². The Morgan fingerprint density at radius 3 is 2.44 bits per heavy atom. The van der Waals surface area contributed by atoms with Crippen molar-refractivity contribution >= 4 is 34.8 Å². The SMILES string of the molecule is CN(CC(=O)NCCNC(=O)c1cc(N)cc([N+](=O)[O-])c1)c1ccc2c(c1)Oc1cc(O)ccc1C21OC(=O)c2ccccc21. The minimum atomic E-state index is -1.28. The number of ether oxygens (including phenoxy) is 2. The van der Waals surface area contributed by atoms with Gasteiger partial charge in [-0.3, -0.25) is 19.7 Å². The van der Waals surface area contributed by atoms with E-state index in [-0.39, 0.29) is 48.2 Å². The van der Waals surface area contributed by atoms with Crippen LogP contribution in [0.5, 0.6) is 17.2 Å². The molecule has 4 aromatic carbocycles. The molecule has 0 bridgehead atoms. The fraction of sp³-hybridized carbons (Fsp3) is 0.156. The Kier molecular flexibility index (Phi) is 7.21. The van der Waals surface area contributed by atoms with E-state index in [2.05, 4.69) is 10.6 Å². The molecule has 0 saturated heterocycles. The number of esters is 1. The van der Waals surface area contributed by atoms with Crippen molar-refractivity contribution in [3.63, 3.8) is 0 Å². The van der Waals surface area contributed by atoms with Gasteiger partial charge in [-0.25, -0.2) is 4.79 Å². The molecule has 2 amide bonds. The number of phenols is 1. The summed E-state index contributed by atoms with van der Waals surface area (Å²) in [4.78, 5) is 50.2. The van der Waals surface area contributed by atoms with Crippen LogP contribution >= 0.6 is 0 Å². The van der Waals surface area contributed by atoms with Crippen LogP contribution in [0.15, 0.2) is 78.9 Å². The molecule has 13 nitrogen and oxygen atoms in total. The Morgan fingerprint density at radius 1 is 0.956 bits per heavy atom. The summed E-state index contributed by atoms with van der Waals surface area (Å²) in [5, 5.41) is 26.5. The molecule has 45 heavy (non-hydrogen) atoms. The highest BCUT2D eigenvalue weighted by molar-refractivity contribution is 5.97. The van der Waals surface area contributed by atoms with Crippen LogP contribution in [0.25, 0.3) is 0 Å². The summed E-state index contributed by atoms with van der Waals surface area (Å²) in [6.07, 6.45) is 0. The molecular formula is C32H27N5O8. The Labute approximate surface area is 256 Å². The number of anilines is 2. The number of fused-ring (bicyclic) bond motifs is 6. The van der Waals surface area contributed by atoms with Gasteiger partial charge in [-0.1, -0.05) is 18.2 Å². The predicted molar refractivity (Wildman–Crippen MR) is 162 cm³/mol. The lowest BCUT2D eigenvalue weighted by molar-refractivity contribution is -0.384. The predicted octanol–water partition coefficient (Wildman–Crippen LogP) is 3.43. The number of nitro benzene ring substituents is 1. The lowest BCUT2D eigenvalue weighted by atomic mass is 9.77. The third-order valence-electron chi connectivity index (χ3n) is 7.65. The number of carbonyl (C=O) groups excluding carboxylic acids is 3. The Bertz CT molecular complexity index is 1890. The van der Waals surface area contributed by atoms with Crippen molar-refractivity contribution in [3.8, 4) is 17.2 Å². The zero-order valence-electron chi connectivity index (χ0n) is 23.9. The van der Waals surface area contributed by atoms with Gasteiger partial charge in [-0.2, -0.15) is 0 Å². The molecule has 5 N–H and O–H groups in total.